The summed E-state index contributed by atoms with van der Waals surface area (Å²) in [5.41, 5.74) is 9.47. The van der Waals surface area contributed by atoms with E-state index in [0.717, 1.165) is 13.0 Å². The van der Waals surface area contributed by atoms with Crippen molar-refractivity contribution in [2.45, 2.75) is 13.0 Å². The molecule has 1 aromatic heterocycles. The van der Waals surface area contributed by atoms with Crippen molar-refractivity contribution in [3.05, 3.63) is 59.9 Å². The normalized spacial score (nSPS) is 10.3. The van der Waals surface area contributed by atoms with E-state index in [9.17, 15) is 0 Å². The van der Waals surface area contributed by atoms with Gasteiger partial charge in [0.2, 0.25) is 0 Å². The predicted molar refractivity (Wildman–Crippen MR) is 75.5 cm³/mol. The molecule has 0 spiro atoms. The van der Waals surface area contributed by atoms with Gasteiger partial charge in [-0.25, -0.2) is 0 Å². The van der Waals surface area contributed by atoms with Crippen molar-refractivity contribution in [2.24, 2.45) is 5.73 Å². The van der Waals surface area contributed by atoms with Gasteiger partial charge >= 0.3 is 0 Å². The fourth-order valence-electron chi connectivity index (χ4n) is 2.10. The molecule has 0 amide bonds. The number of benzene rings is 1. The Morgan fingerprint density at radius 1 is 1.11 bits per heavy atom. The lowest BCUT2D eigenvalue weighted by Crippen LogP contribution is -2.18. The quantitative estimate of drug-likeness (QED) is 0.872. The van der Waals surface area contributed by atoms with Crippen LogP contribution in [-0.4, -0.2) is 18.6 Å². The minimum atomic E-state index is 0.681. The zero-order valence-corrected chi connectivity index (χ0v) is 10.7. The largest absolute Gasteiger partial charge is 0.370 e. The Labute approximate surface area is 108 Å². The molecule has 0 saturated carbocycles. The molecular weight excluding hydrogens is 222 g/mol. The summed E-state index contributed by atoms with van der Waals surface area (Å²) in [4.78, 5) is 6.29. The molecule has 3 heteroatoms. The summed E-state index contributed by atoms with van der Waals surface area (Å²) < 4.78 is 0. The third-order valence-electron chi connectivity index (χ3n) is 2.99. The molecule has 2 aromatic rings. The van der Waals surface area contributed by atoms with Crippen LogP contribution in [0.2, 0.25) is 0 Å². The van der Waals surface area contributed by atoms with Crippen molar-refractivity contribution >= 4 is 5.69 Å². The second-order valence-electron chi connectivity index (χ2n) is 4.38. The second kappa shape index (κ2) is 6.17. The van der Waals surface area contributed by atoms with Gasteiger partial charge in [-0.05, 0) is 42.3 Å². The van der Waals surface area contributed by atoms with Gasteiger partial charge in [0.25, 0.3) is 0 Å². The highest BCUT2D eigenvalue weighted by Crippen LogP contribution is 2.21. The molecule has 0 atom stereocenters. The fraction of sp³-hybridized carbons (Fsp3) is 0.267. The summed E-state index contributed by atoms with van der Waals surface area (Å²) >= 11 is 0. The van der Waals surface area contributed by atoms with Gasteiger partial charge in [-0.2, -0.15) is 0 Å². The van der Waals surface area contributed by atoms with Crippen molar-refractivity contribution in [1.29, 1.82) is 0 Å². The van der Waals surface area contributed by atoms with E-state index in [0.29, 0.717) is 6.54 Å². The Bertz CT molecular complexity index is 482. The number of hydrogen-bond acceptors (Lipinski definition) is 3. The molecule has 18 heavy (non-hydrogen) atoms. The molecule has 0 aliphatic heterocycles. The second-order valence-corrected chi connectivity index (χ2v) is 4.38. The van der Waals surface area contributed by atoms with E-state index in [1.165, 1.54) is 16.8 Å². The minimum absolute atomic E-state index is 0.681. The fourth-order valence-corrected chi connectivity index (χ4v) is 2.10. The van der Waals surface area contributed by atoms with Gasteiger partial charge in [-0.1, -0.05) is 18.2 Å². The molecule has 2 N–H and O–H groups in total. The van der Waals surface area contributed by atoms with Gasteiger partial charge in [-0.15, -0.1) is 0 Å². The molecule has 2 rings (SSSR count). The van der Waals surface area contributed by atoms with Gasteiger partial charge in [-0.3, -0.25) is 4.98 Å². The van der Waals surface area contributed by atoms with Gasteiger partial charge in [0.15, 0.2) is 0 Å². The van der Waals surface area contributed by atoms with Crippen LogP contribution < -0.4 is 10.6 Å². The van der Waals surface area contributed by atoms with Crippen molar-refractivity contribution < 1.29 is 0 Å². The first-order valence-corrected chi connectivity index (χ1v) is 6.19. The number of nitrogens with zero attached hydrogens (tertiary/aromatic N) is 2. The third kappa shape index (κ3) is 3.08. The maximum atomic E-state index is 5.66. The lowest BCUT2D eigenvalue weighted by molar-refractivity contribution is 0.890. The maximum Gasteiger partial charge on any atom is 0.0427 e. The highest BCUT2D eigenvalue weighted by molar-refractivity contribution is 5.53. The summed E-state index contributed by atoms with van der Waals surface area (Å²) in [6.07, 6.45) is 4.57. The minimum Gasteiger partial charge on any atom is -0.370 e. The highest BCUT2D eigenvalue weighted by Gasteiger charge is 2.06. The molecule has 0 aliphatic rings. The van der Waals surface area contributed by atoms with Crippen LogP contribution in [0.1, 0.15) is 11.1 Å². The summed E-state index contributed by atoms with van der Waals surface area (Å²) in [5, 5.41) is 0. The molecule has 1 aromatic carbocycles. The SMILES string of the molecule is CN(Cc1ccncc1)c1ccccc1CCN. The number of rotatable bonds is 5. The van der Waals surface area contributed by atoms with E-state index < -0.39 is 0 Å². The van der Waals surface area contributed by atoms with Crippen molar-refractivity contribution in [1.82, 2.24) is 4.98 Å². The van der Waals surface area contributed by atoms with Crippen LogP contribution in [0.4, 0.5) is 5.69 Å². The first-order valence-electron chi connectivity index (χ1n) is 6.19. The van der Waals surface area contributed by atoms with Crippen LogP contribution in [-0.2, 0) is 13.0 Å². The lowest BCUT2D eigenvalue weighted by atomic mass is 10.1. The summed E-state index contributed by atoms with van der Waals surface area (Å²) in [6, 6.07) is 12.5. The zero-order chi connectivity index (χ0) is 12.8. The predicted octanol–water partition coefficient (Wildman–Crippen LogP) is 2.22. The number of nitrogens with two attached hydrogens (primary N) is 1. The van der Waals surface area contributed by atoms with Crippen LogP contribution in [0.15, 0.2) is 48.8 Å². The van der Waals surface area contributed by atoms with E-state index in [1.54, 1.807) is 0 Å². The van der Waals surface area contributed by atoms with E-state index >= 15 is 0 Å². The summed E-state index contributed by atoms with van der Waals surface area (Å²) in [7, 11) is 2.11. The Morgan fingerprint density at radius 3 is 2.56 bits per heavy atom. The van der Waals surface area contributed by atoms with Crippen LogP contribution >= 0.6 is 0 Å². The molecular formula is C15H19N3. The molecule has 0 saturated heterocycles. The standard InChI is InChI=1S/C15H19N3/c1-18(12-13-7-10-17-11-8-13)15-5-3-2-4-14(15)6-9-16/h2-5,7-8,10-11H,6,9,12,16H2,1H3. The van der Waals surface area contributed by atoms with E-state index in [4.69, 9.17) is 5.73 Å². The molecule has 1 heterocycles. The molecule has 0 radical (unpaired) electrons. The monoisotopic (exact) mass is 241 g/mol. The maximum absolute atomic E-state index is 5.66. The van der Waals surface area contributed by atoms with E-state index in [2.05, 4.69) is 41.2 Å². The van der Waals surface area contributed by atoms with Gasteiger partial charge in [0.05, 0.1) is 0 Å². The van der Waals surface area contributed by atoms with Crippen LogP contribution in [0.3, 0.4) is 0 Å². The Morgan fingerprint density at radius 2 is 1.83 bits per heavy atom. The summed E-state index contributed by atoms with van der Waals surface area (Å²) in [5.74, 6) is 0. The average Bonchev–Trinajstić information content (AvgIpc) is 2.41. The van der Waals surface area contributed by atoms with Crippen molar-refractivity contribution in [3.8, 4) is 0 Å². The Kier molecular flexibility index (Phi) is 4.31. The number of hydrogen-bond donors (Lipinski definition) is 1. The molecule has 0 fully saturated rings. The molecule has 0 unspecified atom stereocenters. The van der Waals surface area contributed by atoms with E-state index in [1.807, 2.05) is 24.5 Å². The smallest absolute Gasteiger partial charge is 0.0427 e. The average molecular weight is 241 g/mol. The lowest BCUT2D eigenvalue weighted by Gasteiger charge is -2.22. The highest BCUT2D eigenvalue weighted by atomic mass is 15.1. The van der Waals surface area contributed by atoms with Crippen molar-refractivity contribution in [3.63, 3.8) is 0 Å². The number of pyridine rings is 1. The van der Waals surface area contributed by atoms with E-state index in [-0.39, 0.29) is 0 Å². The number of anilines is 1. The molecule has 0 aliphatic carbocycles. The number of para-hydroxylation sites is 1. The van der Waals surface area contributed by atoms with Gasteiger partial charge in [0, 0.05) is 31.7 Å². The number of aromatic nitrogens is 1. The topological polar surface area (TPSA) is 42.2 Å². The van der Waals surface area contributed by atoms with Crippen molar-refractivity contribution in [2.75, 3.05) is 18.5 Å². The summed E-state index contributed by atoms with van der Waals surface area (Å²) in [6.45, 7) is 1.56. The van der Waals surface area contributed by atoms with Gasteiger partial charge in [0.1, 0.15) is 0 Å². The van der Waals surface area contributed by atoms with Gasteiger partial charge < -0.3 is 10.6 Å². The first kappa shape index (κ1) is 12.6. The Hall–Kier alpha value is -1.87. The first-order chi connectivity index (χ1) is 8.81. The third-order valence-corrected chi connectivity index (χ3v) is 2.99. The molecule has 3 nitrogen and oxygen atoms in total. The van der Waals surface area contributed by atoms with Crippen LogP contribution in [0.25, 0.3) is 0 Å². The zero-order valence-electron chi connectivity index (χ0n) is 10.7. The van der Waals surface area contributed by atoms with Crippen LogP contribution in [0.5, 0.6) is 0 Å². The molecule has 0 bridgehead atoms. The Balaban J connectivity index is 2.16. The van der Waals surface area contributed by atoms with Crippen LogP contribution in [0, 0.1) is 0 Å². The molecule has 94 valence electrons.